The minimum Gasteiger partial charge on any atom is -0.376 e. The summed E-state index contributed by atoms with van der Waals surface area (Å²) < 4.78 is 73.1. The van der Waals surface area contributed by atoms with Crippen molar-refractivity contribution in [2.45, 2.75) is 12.4 Å². The third kappa shape index (κ3) is 4.59. The molecular formula is C9H6F6N4. The Bertz CT molecular complexity index is 500. The van der Waals surface area contributed by atoms with Gasteiger partial charge in [-0.25, -0.2) is 0 Å². The van der Waals surface area contributed by atoms with E-state index in [1.54, 1.807) is 0 Å². The van der Waals surface area contributed by atoms with Crippen molar-refractivity contribution < 1.29 is 26.3 Å². The summed E-state index contributed by atoms with van der Waals surface area (Å²) in [6.45, 7) is -1.45. The highest BCUT2D eigenvalue weighted by atomic mass is 19.4. The number of rotatable bonds is 3. The molecule has 0 radical (unpaired) electrons. The normalized spacial score (nSPS) is 11.9. The van der Waals surface area contributed by atoms with Crippen LogP contribution < -0.4 is 5.32 Å². The van der Waals surface area contributed by atoms with Crippen molar-refractivity contribution >= 4 is 11.4 Å². The third-order valence-corrected chi connectivity index (χ3v) is 1.96. The van der Waals surface area contributed by atoms with E-state index in [1.165, 1.54) is 0 Å². The van der Waals surface area contributed by atoms with E-state index < -0.39 is 30.1 Å². The molecular weight excluding hydrogens is 278 g/mol. The van der Waals surface area contributed by atoms with Crippen molar-refractivity contribution in [2.75, 3.05) is 11.9 Å². The molecule has 10 heteroatoms. The van der Waals surface area contributed by atoms with Gasteiger partial charge in [0.2, 0.25) is 0 Å². The molecule has 0 unspecified atom stereocenters. The van der Waals surface area contributed by atoms with Crippen LogP contribution in [0.15, 0.2) is 23.3 Å². The molecule has 1 aromatic rings. The number of nitrogens with zero attached hydrogens (tertiary/aromatic N) is 3. The van der Waals surface area contributed by atoms with Gasteiger partial charge in [0, 0.05) is 10.6 Å². The second-order valence-electron chi connectivity index (χ2n) is 3.39. The topological polar surface area (TPSA) is 60.8 Å². The van der Waals surface area contributed by atoms with Crippen LogP contribution in [0.1, 0.15) is 5.56 Å². The van der Waals surface area contributed by atoms with Crippen molar-refractivity contribution in [1.29, 1.82) is 0 Å². The Balaban J connectivity index is 3.09. The number of anilines is 1. The van der Waals surface area contributed by atoms with Gasteiger partial charge in [0.25, 0.3) is 0 Å². The molecule has 0 atom stereocenters. The Morgan fingerprint density at radius 1 is 1.16 bits per heavy atom. The molecule has 0 spiro atoms. The van der Waals surface area contributed by atoms with Crippen LogP contribution in [0.5, 0.6) is 0 Å². The molecule has 1 rings (SSSR count). The Kier molecular flexibility index (Phi) is 4.15. The average molecular weight is 284 g/mol. The summed E-state index contributed by atoms with van der Waals surface area (Å²) in [6, 6.07) is 1.84. The van der Waals surface area contributed by atoms with Crippen molar-refractivity contribution in [3.8, 4) is 0 Å². The van der Waals surface area contributed by atoms with Gasteiger partial charge in [-0.3, -0.25) is 0 Å². The Hall–Kier alpha value is -2.09. The van der Waals surface area contributed by atoms with E-state index in [1.807, 2.05) is 5.32 Å². The lowest BCUT2D eigenvalue weighted by molar-refractivity contribution is -0.137. The summed E-state index contributed by atoms with van der Waals surface area (Å²) in [5.41, 5.74) is 6.19. The fourth-order valence-electron chi connectivity index (χ4n) is 1.18. The Morgan fingerprint density at radius 3 is 2.26 bits per heavy atom. The maximum atomic E-state index is 12.4. The summed E-state index contributed by atoms with van der Waals surface area (Å²) >= 11 is 0. The SMILES string of the molecule is [N-]=[N+]=Nc1cc(C(F)(F)F)ccc1NCC(F)(F)F. The quantitative estimate of drug-likeness (QED) is 0.374. The molecule has 0 amide bonds. The Labute approximate surface area is 102 Å². The van der Waals surface area contributed by atoms with E-state index in [2.05, 4.69) is 10.0 Å². The first kappa shape index (κ1) is 15.0. The zero-order valence-electron chi connectivity index (χ0n) is 9.05. The van der Waals surface area contributed by atoms with E-state index in [4.69, 9.17) is 5.53 Å². The van der Waals surface area contributed by atoms with Crippen molar-refractivity contribution in [1.82, 2.24) is 0 Å². The van der Waals surface area contributed by atoms with Crippen LogP contribution in [0.25, 0.3) is 10.4 Å². The second kappa shape index (κ2) is 5.27. The van der Waals surface area contributed by atoms with E-state index in [9.17, 15) is 26.3 Å². The number of halogens is 6. The minimum atomic E-state index is -4.68. The molecule has 0 aliphatic carbocycles. The largest absolute Gasteiger partial charge is 0.416 e. The van der Waals surface area contributed by atoms with Crippen molar-refractivity contribution in [3.63, 3.8) is 0 Å². The van der Waals surface area contributed by atoms with Gasteiger partial charge in [0.1, 0.15) is 6.54 Å². The third-order valence-electron chi connectivity index (χ3n) is 1.96. The zero-order chi connectivity index (χ0) is 14.7. The number of alkyl halides is 6. The molecule has 0 saturated carbocycles. The summed E-state index contributed by atoms with van der Waals surface area (Å²) in [4.78, 5) is 2.27. The number of azide groups is 1. The van der Waals surface area contributed by atoms with Crippen LogP contribution >= 0.6 is 0 Å². The monoisotopic (exact) mass is 284 g/mol. The molecule has 1 aromatic carbocycles. The summed E-state index contributed by atoms with van der Waals surface area (Å²) in [6.07, 6.45) is -9.22. The van der Waals surface area contributed by atoms with E-state index >= 15 is 0 Å². The first-order chi connectivity index (χ1) is 8.63. The first-order valence-electron chi connectivity index (χ1n) is 4.70. The molecule has 0 aliphatic rings. The zero-order valence-corrected chi connectivity index (χ0v) is 9.05. The van der Waals surface area contributed by atoms with E-state index in [0.717, 1.165) is 6.07 Å². The van der Waals surface area contributed by atoms with Crippen LogP contribution in [-0.2, 0) is 6.18 Å². The highest BCUT2D eigenvalue weighted by Crippen LogP contribution is 2.35. The van der Waals surface area contributed by atoms with Gasteiger partial charge >= 0.3 is 12.4 Å². The lowest BCUT2D eigenvalue weighted by Gasteiger charge is -2.13. The number of benzene rings is 1. The summed E-state index contributed by atoms with van der Waals surface area (Å²) in [5, 5.41) is 4.79. The van der Waals surface area contributed by atoms with Crippen molar-refractivity contribution in [3.05, 3.63) is 34.2 Å². The van der Waals surface area contributed by atoms with Gasteiger partial charge in [-0.05, 0) is 23.7 Å². The van der Waals surface area contributed by atoms with Crippen LogP contribution in [0, 0.1) is 0 Å². The van der Waals surface area contributed by atoms with E-state index in [0.29, 0.717) is 12.1 Å². The van der Waals surface area contributed by atoms with Gasteiger partial charge in [0.15, 0.2) is 0 Å². The van der Waals surface area contributed by atoms with Crippen LogP contribution in [0.3, 0.4) is 0 Å². The Morgan fingerprint density at radius 2 is 1.79 bits per heavy atom. The van der Waals surface area contributed by atoms with E-state index in [-0.39, 0.29) is 5.69 Å². The molecule has 0 fully saturated rings. The predicted octanol–water partition coefficient (Wildman–Crippen LogP) is 4.62. The first-order valence-corrected chi connectivity index (χ1v) is 4.70. The highest BCUT2D eigenvalue weighted by molar-refractivity contribution is 5.66. The molecule has 0 heterocycles. The number of nitrogens with one attached hydrogen (secondary N) is 1. The predicted molar refractivity (Wildman–Crippen MR) is 54.8 cm³/mol. The van der Waals surface area contributed by atoms with Crippen LogP contribution in [0.4, 0.5) is 37.7 Å². The maximum Gasteiger partial charge on any atom is 0.416 e. The smallest absolute Gasteiger partial charge is 0.376 e. The molecule has 0 bridgehead atoms. The standard InChI is InChI=1S/C9H6F6N4/c10-8(11,12)4-17-6-2-1-5(9(13,14)15)3-7(6)18-19-16/h1-3,17H,4H2. The van der Waals surface area contributed by atoms with Gasteiger partial charge in [-0.2, -0.15) is 26.3 Å². The van der Waals surface area contributed by atoms with Gasteiger partial charge in [-0.1, -0.05) is 5.11 Å². The molecule has 4 nitrogen and oxygen atoms in total. The molecule has 19 heavy (non-hydrogen) atoms. The molecule has 1 N–H and O–H groups in total. The average Bonchev–Trinajstić information content (AvgIpc) is 2.25. The highest BCUT2D eigenvalue weighted by Gasteiger charge is 2.31. The molecule has 0 aliphatic heterocycles. The summed E-state index contributed by atoms with van der Waals surface area (Å²) in [7, 11) is 0. The van der Waals surface area contributed by atoms with Gasteiger partial charge in [-0.15, -0.1) is 0 Å². The number of hydrogen-bond donors (Lipinski definition) is 1. The molecule has 104 valence electrons. The van der Waals surface area contributed by atoms with Crippen LogP contribution in [-0.4, -0.2) is 12.7 Å². The molecule has 0 aromatic heterocycles. The lowest BCUT2D eigenvalue weighted by Crippen LogP contribution is -2.21. The number of hydrogen-bond acceptors (Lipinski definition) is 2. The van der Waals surface area contributed by atoms with Crippen molar-refractivity contribution in [2.24, 2.45) is 5.11 Å². The van der Waals surface area contributed by atoms with Gasteiger partial charge in [0.05, 0.1) is 11.3 Å². The van der Waals surface area contributed by atoms with Crippen LogP contribution in [0.2, 0.25) is 0 Å². The van der Waals surface area contributed by atoms with Gasteiger partial charge < -0.3 is 5.32 Å². The lowest BCUT2D eigenvalue weighted by atomic mass is 10.1. The fourth-order valence-corrected chi connectivity index (χ4v) is 1.18. The fraction of sp³-hybridized carbons (Fsp3) is 0.333. The summed E-state index contributed by atoms with van der Waals surface area (Å²) in [5.74, 6) is 0. The second-order valence-corrected chi connectivity index (χ2v) is 3.39. The minimum absolute atomic E-state index is 0.330. The molecule has 0 saturated heterocycles. The maximum absolute atomic E-state index is 12.4.